The van der Waals surface area contributed by atoms with E-state index in [1.54, 1.807) is 4.90 Å². The minimum absolute atomic E-state index is 0.557. The van der Waals surface area contributed by atoms with Gasteiger partial charge in [0.25, 0.3) is 0 Å². The van der Waals surface area contributed by atoms with E-state index in [4.69, 9.17) is 5.73 Å². The Morgan fingerprint density at radius 1 is 1.38 bits per heavy atom. The van der Waals surface area contributed by atoms with E-state index in [1.165, 1.54) is 24.4 Å². The largest absolute Gasteiger partial charge is 0.374 e. The summed E-state index contributed by atoms with van der Waals surface area (Å²) in [4.78, 5) is 3.83. The van der Waals surface area contributed by atoms with Crippen molar-refractivity contribution in [3.63, 3.8) is 0 Å². The van der Waals surface area contributed by atoms with Gasteiger partial charge in [0.2, 0.25) is 10.3 Å². The van der Waals surface area contributed by atoms with Gasteiger partial charge in [-0.15, -0.1) is 10.2 Å². The Hall–Kier alpha value is -0.880. The monoisotopic (exact) mass is 200 g/mol. The number of nitrogens with zero attached hydrogens (tertiary/aromatic N) is 3. The molecule has 13 heavy (non-hydrogen) atoms. The topological polar surface area (TPSA) is 59.5 Å². The molecule has 0 bridgehead atoms. The molecule has 1 fully saturated rings. The average Bonchev–Trinajstić information content (AvgIpc) is 2.53. The van der Waals surface area contributed by atoms with Gasteiger partial charge in [-0.3, -0.25) is 0 Å². The van der Waals surface area contributed by atoms with Gasteiger partial charge in [0.05, 0.1) is 33.2 Å². The molecule has 1 aliphatic rings. The van der Waals surface area contributed by atoms with E-state index in [2.05, 4.69) is 22.1 Å². The van der Waals surface area contributed by atoms with Crippen molar-refractivity contribution < 1.29 is 4.90 Å². The molecule has 1 aromatic rings. The van der Waals surface area contributed by atoms with E-state index in [-0.39, 0.29) is 0 Å². The van der Waals surface area contributed by atoms with Gasteiger partial charge in [-0.25, -0.2) is 0 Å². The van der Waals surface area contributed by atoms with Crippen molar-refractivity contribution in [3.8, 4) is 0 Å². The summed E-state index contributed by atoms with van der Waals surface area (Å²) in [6.45, 7) is 4.44. The van der Waals surface area contributed by atoms with Crippen LogP contribution in [-0.2, 0) is 0 Å². The predicted octanol–water partition coefficient (Wildman–Crippen LogP) is -1.54. The third-order valence-electron chi connectivity index (χ3n) is 2.32. The number of rotatable bonds is 1. The highest BCUT2D eigenvalue weighted by Crippen LogP contribution is 2.20. The van der Waals surface area contributed by atoms with Crippen LogP contribution in [0.1, 0.15) is 0 Å². The van der Waals surface area contributed by atoms with Crippen molar-refractivity contribution in [2.75, 3.05) is 43.9 Å². The van der Waals surface area contributed by atoms with E-state index in [1.807, 2.05) is 0 Å². The Labute approximate surface area is 81.2 Å². The number of piperazine rings is 1. The first kappa shape index (κ1) is 8.71. The zero-order chi connectivity index (χ0) is 9.26. The van der Waals surface area contributed by atoms with Crippen molar-refractivity contribution in [2.45, 2.75) is 0 Å². The molecule has 0 atom stereocenters. The summed E-state index contributed by atoms with van der Waals surface area (Å²) < 4.78 is 0. The molecule has 2 rings (SSSR count). The SMILES string of the molecule is C[NH+]1CCN(c2nnc(N)s2)CC1. The van der Waals surface area contributed by atoms with Crippen LogP contribution < -0.4 is 15.5 Å². The molecule has 2 heterocycles. The number of hydrogen-bond acceptors (Lipinski definition) is 5. The van der Waals surface area contributed by atoms with Crippen molar-refractivity contribution in [3.05, 3.63) is 0 Å². The van der Waals surface area contributed by atoms with Crippen molar-refractivity contribution in [1.29, 1.82) is 0 Å². The number of hydrogen-bond donors (Lipinski definition) is 2. The summed E-state index contributed by atoms with van der Waals surface area (Å²) in [7, 11) is 2.21. The number of aromatic nitrogens is 2. The first-order valence-corrected chi connectivity index (χ1v) is 5.22. The van der Waals surface area contributed by atoms with Crippen LogP contribution in [-0.4, -0.2) is 43.4 Å². The fourth-order valence-electron chi connectivity index (χ4n) is 1.43. The Morgan fingerprint density at radius 2 is 2.08 bits per heavy atom. The number of nitrogens with one attached hydrogen (secondary N) is 1. The molecule has 0 aliphatic carbocycles. The zero-order valence-electron chi connectivity index (χ0n) is 7.66. The minimum atomic E-state index is 0.557. The molecule has 6 heteroatoms. The van der Waals surface area contributed by atoms with Crippen LogP contribution in [0.25, 0.3) is 0 Å². The van der Waals surface area contributed by atoms with Crippen LogP contribution in [0.3, 0.4) is 0 Å². The van der Waals surface area contributed by atoms with Gasteiger partial charge >= 0.3 is 0 Å². The highest BCUT2D eigenvalue weighted by atomic mass is 32.1. The number of likely N-dealkylation sites (N-methyl/N-ethyl adjacent to an activating group) is 1. The van der Waals surface area contributed by atoms with Gasteiger partial charge in [-0.05, 0) is 0 Å². The lowest BCUT2D eigenvalue weighted by Crippen LogP contribution is -3.12. The summed E-state index contributed by atoms with van der Waals surface area (Å²) in [5.41, 5.74) is 5.53. The molecule has 0 spiro atoms. The molecule has 1 saturated heterocycles. The van der Waals surface area contributed by atoms with Crippen molar-refractivity contribution >= 4 is 21.6 Å². The quantitative estimate of drug-likeness (QED) is 0.576. The maximum atomic E-state index is 5.53. The third kappa shape index (κ3) is 1.89. The Balaban J connectivity index is 2.02. The number of quaternary nitrogens is 1. The Kier molecular flexibility index (Phi) is 2.32. The van der Waals surface area contributed by atoms with Crippen LogP contribution in [0.15, 0.2) is 0 Å². The molecule has 1 aromatic heterocycles. The highest BCUT2D eigenvalue weighted by Gasteiger charge is 2.19. The molecular weight excluding hydrogens is 186 g/mol. The number of nitrogen functional groups attached to an aromatic ring is 1. The van der Waals surface area contributed by atoms with Crippen LogP contribution >= 0.6 is 11.3 Å². The molecule has 0 aromatic carbocycles. The van der Waals surface area contributed by atoms with Gasteiger partial charge in [-0.2, -0.15) is 0 Å². The van der Waals surface area contributed by atoms with E-state index < -0.39 is 0 Å². The second kappa shape index (κ2) is 3.47. The lowest BCUT2D eigenvalue weighted by Gasteiger charge is -2.29. The van der Waals surface area contributed by atoms with Gasteiger partial charge in [-0.1, -0.05) is 11.3 Å². The highest BCUT2D eigenvalue weighted by molar-refractivity contribution is 7.18. The molecule has 0 saturated carbocycles. The number of nitrogens with two attached hydrogens (primary N) is 1. The van der Waals surface area contributed by atoms with E-state index >= 15 is 0 Å². The normalized spacial score (nSPS) is 19.3. The van der Waals surface area contributed by atoms with Crippen LogP contribution in [0.4, 0.5) is 10.3 Å². The molecule has 3 N–H and O–H groups in total. The van der Waals surface area contributed by atoms with Gasteiger partial charge < -0.3 is 15.5 Å². The summed E-state index contributed by atoms with van der Waals surface area (Å²) in [6.07, 6.45) is 0. The third-order valence-corrected chi connectivity index (χ3v) is 3.13. The smallest absolute Gasteiger partial charge is 0.210 e. The van der Waals surface area contributed by atoms with Gasteiger partial charge in [0.15, 0.2) is 0 Å². The van der Waals surface area contributed by atoms with E-state index in [0.717, 1.165) is 18.2 Å². The summed E-state index contributed by atoms with van der Waals surface area (Å²) >= 11 is 1.47. The lowest BCUT2D eigenvalue weighted by atomic mass is 10.3. The molecule has 0 amide bonds. The fourth-order valence-corrected chi connectivity index (χ4v) is 2.10. The van der Waals surface area contributed by atoms with E-state index in [9.17, 15) is 0 Å². The maximum absolute atomic E-state index is 5.53. The molecule has 5 nitrogen and oxygen atoms in total. The molecule has 72 valence electrons. The van der Waals surface area contributed by atoms with Gasteiger partial charge in [0, 0.05) is 0 Å². The summed E-state index contributed by atoms with van der Waals surface area (Å²) in [5.74, 6) is 0. The lowest BCUT2D eigenvalue weighted by molar-refractivity contribution is -0.880. The molecule has 0 radical (unpaired) electrons. The summed E-state index contributed by atoms with van der Waals surface area (Å²) in [6, 6.07) is 0. The van der Waals surface area contributed by atoms with Crippen molar-refractivity contribution in [2.24, 2.45) is 0 Å². The van der Waals surface area contributed by atoms with E-state index in [0.29, 0.717) is 5.13 Å². The number of anilines is 2. The van der Waals surface area contributed by atoms with Crippen molar-refractivity contribution in [1.82, 2.24) is 10.2 Å². The standard InChI is InChI=1S/C7H13N5S/c1-11-2-4-12(5-3-11)7-10-9-6(8)13-7/h2-5H2,1H3,(H2,8,9)/p+1. The average molecular weight is 200 g/mol. The molecular formula is C7H14N5S+. The molecule has 0 unspecified atom stereocenters. The van der Waals surface area contributed by atoms with Gasteiger partial charge in [0.1, 0.15) is 0 Å². The Bertz CT molecular complexity index is 278. The van der Waals surface area contributed by atoms with Crippen LogP contribution in [0.5, 0.6) is 0 Å². The minimum Gasteiger partial charge on any atom is -0.374 e. The first-order valence-electron chi connectivity index (χ1n) is 4.41. The maximum Gasteiger partial charge on any atom is 0.210 e. The predicted molar refractivity (Wildman–Crippen MR) is 53.2 cm³/mol. The second-order valence-corrected chi connectivity index (χ2v) is 4.35. The molecule has 1 aliphatic heterocycles. The van der Waals surface area contributed by atoms with Crippen LogP contribution in [0.2, 0.25) is 0 Å². The van der Waals surface area contributed by atoms with Crippen LogP contribution in [0, 0.1) is 0 Å². The zero-order valence-corrected chi connectivity index (χ0v) is 8.47. The Morgan fingerprint density at radius 3 is 2.62 bits per heavy atom. The first-order chi connectivity index (χ1) is 6.25. The fraction of sp³-hybridized carbons (Fsp3) is 0.714. The second-order valence-electron chi connectivity index (χ2n) is 3.37. The summed E-state index contributed by atoms with van der Waals surface area (Å²) in [5, 5.41) is 9.35.